The highest BCUT2D eigenvalue weighted by Gasteiger charge is 2.48. The van der Waals surface area contributed by atoms with Crippen LogP contribution in [0.1, 0.15) is 45.4 Å². The van der Waals surface area contributed by atoms with Gasteiger partial charge in [0, 0.05) is 12.6 Å². The second-order valence-electron chi connectivity index (χ2n) is 6.22. The average molecular weight is 293 g/mol. The third kappa shape index (κ3) is 2.95. The smallest absolute Gasteiger partial charge is 0.391 e. The normalized spacial score (nSPS) is 36.2. The van der Waals surface area contributed by atoms with E-state index < -0.39 is 23.5 Å². The molecule has 0 radical (unpaired) electrons. The van der Waals surface area contributed by atoms with Crippen molar-refractivity contribution in [2.24, 2.45) is 11.3 Å². The van der Waals surface area contributed by atoms with Crippen molar-refractivity contribution >= 4 is 5.97 Å². The quantitative estimate of drug-likeness (QED) is 0.868. The van der Waals surface area contributed by atoms with Crippen LogP contribution in [0.2, 0.25) is 0 Å². The van der Waals surface area contributed by atoms with E-state index in [4.69, 9.17) is 0 Å². The Hall–Kier alpha value is -0.780. The number of hydrogen-bond acceptors (Lipinski definition) is 2. The van der Waals surface area contributed by atoms with Gasteiger partial charge in [-0.1, -0.05) is 13.3 Å². The van der Waals surface area contributed by atoms with Crippen molar-refractivity contribution in [1.82, 2.24) is 4.90 Å². The lowest BCUT2D eigenvalue weighted by Crippen LogP contribution is -2.43. The number of rotatable bonds is 3. The molecule has 2 aliphatic rings. The molecule has 0 spiro atoms. The molecule has 3 unspecified atom stereocenters. The van der Waals surface area contributed by atoms with Crippen LogP contribution in [0.3, 0.4) is 0 Å². The molecule has 116 valence electrons. The first-order valence-electron chi connectivity index (χ1n) is 7.32. The minimum atomic E-state index is -4.12. The fourth-order valence-corrected chi connectivity index (χ4v) is 3.62. The van der Waals surface area contributed by atoms with Gasteiger partial charge < -0.3 is 5.11 Å². The molecule has 20 heavy (non-hydrogen) atoms. The molecule has 0 aromatic rings. The van der Waals surface area contributed by atoms with E-state index in [1.54, 1.807) is 0 Å². The van der Waals surface area contributed by atoms with Crippen molar-refractivity contribution < 1.29 is 23.1 Å². The molecule has 0 bridgehead atoms. The SMILES string of the molecule is CCC1(C(=O)O)CCN(C2CCCC(C(F)(F)F)C2)C1. The average Bonchev–Trinajstić information content (AvgIpc) is 2.84. The van der Waals surface area contributed by atoms with E-state index in [1.807, 2.05) is 11.8 Å². The number of likely N-dealkylation sites (tertiary alicyclic amines) is 1. The van der Waals surface area contributed by atoms with Gasteiger partial charge >= 0.3 is 12.1 Å². The van der Waals surface area contributed by atoms with Crippen LogP contribution < -0.4 is 0 Å². The zero-order chi connectivity index (χ0) is 15.0. The molecule has 1 aliphatic carbocycles. The van der Waals surface area contributed by atoms with Crippen molar-refractivity contribution in [2.75, 3.05) is 13.1 Å². The van der Waals surface area contributed by atoms with Crippen LogP contribution in [-0.4, -0.2) is 41.3 Å². The first-order valence-corrected chi connectivity index (χ1v) is 7.32. The molecule has 2 rings (SSSR count). The summed E-state index contributed by atoms with van der Waals surface area (Å²) in [6.07, 6.45) is -1.36. The third-order valence-corrected chi connectivity index (χ3v) is 5.14. The summed E-state index contributed by atoms with van der Waals surface area (Å²) < 4.78 is 38.5. The summed E-state index contributed by atoms with van der Waals surface area (Å²) >= 11 is 0. The summed E-state index contributed by atoms with van der Waals surface area (Å²) in [5, 5.41) is 9.35. The van der Waals surface area contributed by atoms with Crippen LogP contribution >= 0.6 is 0 Å². The first kappa shape index (κ1) is 15.6. The van der Waals surface area contributed by atoms with E-state index in [9.17, 15) is 23.1 Å². The Balaban J connectivity index is 2.01. The number of carbonyl (C=O) groups is 1. The van der Waals surface area contributed by atoms with Gasteiger partial charge in [-0.25, -0.2) is 0 Å². The molecule has 1 saturated carbocycles. The molecule has 1 N–H and O–H groups in total. The second-order valence-corrected chi connectivity index (χ2v) is 6.22. The van der Waals surface area contributed by atoms with Gasteiger partial charge in [0.2, 0.25) is 0 Å². The summed E-state index contributed by atoms with van der Waals surface area (Å²) in [7, 11) is 0. The molecular formula is C14H22F3NO2. The van der Waals surface area contributed by atoms with Crippen molar-refractivity contribution in [3.05, 3.63) is 0 Å². The van der Waals surface area contributed by atoms with Crippen LogP contribution in [0.4, 0.5) is 13.2 Å². The van der Waals surface area contributed by atoms with Gasteiger partial charge in [0.15, 0.2) is 0 Å². The molecule has 6 heteroatoms. The minimum absolute atomic E-state index is 0.108. The lowest BCUT2D eigenvalue weighted by molar-refractivity contribution is -0.186. The highest BCUT2D eigenvalue weighted by molar-refractivity contribution is 5.75. The number of nitrogens with zero attached hydrogens (tertiary/aromatic N) is 1. The lowest BCUT2D eigenvalue weighted by atomic mass is 9.83. The summed E-state index contributed by atoms with van der Waals surface area (Å²) in [6.45, 7) is 2.85. The van der Waals surface area contributed by atoms with E-state index >= 15 is 0 Å². The summed E-state index contributed by atoms with van der Waals surface area (Å²) in [5.74, 6) is -2.03. The van der Waals surface area contributed by atoms with Gasteiger partial charge in [-0.05, 0) is 38.6 Å². The van der Waals surface area contributed by atoms with E-state index in [1.165, 1.54) is 0 Å². The molecule has 0 aromatic carbocycles. The Morgan fingerprint density at radius 3 is 2.60 bits per heavy atom. The van der Waals surface area contributed by atoms with Crippen molar-refractivity contribution in [3.63, 3.8) is 0 Å². The minimum Gasteiger partial charge on any atom is -0.481 e. The van der Waals surface area contributed by atoms with Gasteiger partial charge in [-0.2, -0.15) is 13.2 Å². The highest BCUT2D eigenvalue weighted by Crippen LogP contribution is 2.42. The molecule has 0 aromatic heterocycles. The maximum atomic E-state index is 12.8. The molecule has 1 aliphatic heterocycles. The largest absolute Gasteiger partial charge is 0.481 e. The maximum absolute atomic E-state index is 12.8. The van der Waals surface area contributed by atoms with Crippen LogP contribution in [0.5, 0.6) is 0 Å². The number of alkyl halides is 3. The Morgan fingerprint density at radius 2 is 2.10 bits per heavy atom. The molecule has 1 heterocycles. The Labute approximate surface area is 117 Å². The molecule has 3 nitrogen and oxygen atoms in total. The first-order chi connectivity index (χ1) is 9.28. The van der Waals surface area contributed by atoms with E-state index in [-0.39, 0.29) is 18.9 Å². The zero-order valence-electron chi connectivity index (χ0n) is 11.7. The fourth-order valence-electron chi connectivity index (χ4n) is 3.62. The highest BCUT2D eigenvalue weighted by atomic mass is 19.4. The van der Waals surface area contributed by atoms with Crippen LogP contribution in [0.25, 0.3) is 0 Å². The van der Waals surface area contributed by atoms with Gasteiger partial charge in [0.25, 0.3) is 0 Å². The maximum Gasteiger partial charge on any atom is 0.391 e. The number of carboxylic acids is 1. The summed E-state index contributed by atoms with van der Waals surface area (Å²) in [5.41, 5.74) is -0.759. The van der Waals surface area contributed by atoms with Crippen LogP contribution in [0, 0.1) is 11.3 Å². The predicted molar refractivity (Wildman–Crippen MR) is 68.4 cm³/mol. The van der Waals surface area contributed by atoms with Crippen molar-refractivity contribution in [2.45, 2.75) is 57.7 Å². The monoisotopic (exact) mass is 293 g/mol. The number of aliphatic carboxylic acids is 1. The second kappa shape index (κ2) is 5.54. The van der Waals surface area contributed by atoms with Gasteiger partial charge in [-0.3, -0.25) is 9.69 Å². The van der Waals surface area contributed by atoms with Gasteiger partial charge in [-0.15, -0.1) is 0 Å². The Morgan fingerprint density at radius 1 is 1.40 bits per heavy atom. The Bertz CT molecular complexity index is 372. The van der Waals surface area contributed by atoms with Crippen molar-refractivity contribution in [1.29, 1.82) is 0 Å². The molecule has 2 fully saturated rings. The van der Waals surface area contributed by atoms with E-state index in [2.05, 4.69) is 0 Å². The third-order valence-electron chi connectivity index (χ3n) is 5.14. The summed E-state index contributed by atoms with van der Waals surface area (Å²) in [6, 6.07) is -0.108. The molecule has 3 atom stereocenters. The number of halogens is 3. The predicted octanol–water partition coefficient (Wildman–Crippen LogP) is 3.29. The zero-order valence-corrected chi connectivity index (χ0v) is 11.7. The van der Waals surface area contributed by atoms with Crippen LogP contribution in [0.15, 0.2) is 0 Å². The number of hydrogen-bond donors (Lipinski definition) is 1. The molecule has 1 saturated heterocycles. The topological polar surface area (TPSA) is 40.5 Å². The lowest BCUT2D eigenvalue weighted by Gasteiger charge is -2.36. The van der Waals surface area contributed by atoms with E-state index in [0.29, 0.717) is 32.4 Å². The van der Waals surface area contributed by atoms with Gasteiger partial charge in [0.05, 0.1) is 11.3 Å². The van der Waals surface area contributed by atoms with Gasteiger partial charge in [0.1, 0.15) is 0 Å². The number of carboxylic acid groups (broad SMARTS) is 1. The fraction of sp³-hybridized carbons (Fsp3) is 0.929. The standard InChI is InChI=1S/C14H22F3NO2/c1-2-13(12(19)20)6-7-18(9-13)11-5-3-4-10(8-11)14(15,16)17/h10-11H,2-9H2,1H3,(H,19,20). The summed E-state index contributed by atoms with van der Waals surface area (Å²) in [4.78, 5) is 13.4. The molecule has 0 amide bonds. The molecular weight excluding hydrogens is 271 g/mol. The Kier molecular flexibility index (Phi) is 4.33. The van der Waals surface area contributed by atoms with E-state index in [0.717, 1.165) is 6.42 Å². The van der Waals surface area contributed by atoms with Crippen molar-refractivity contribution in [3.8, 4) is 0 Å². The van der Waals surface area contributed by atoms with Crippen LogP contribution in [-0.2, 0) is 4.79 Å².